The standard InChI is InChI=1S/C18H19BrN2O5S/c1-18(2,27(24,25)15-9-3-12(19)4-10-15)17(23)21-13-5-7-14(8-6-13)26-11-16(20)22/h3-10H,11H2,1-2H3,(H2,20,22)(H,21,23). The molecule has 0 aliphatic rings. The monoisotopic (exact) mass is 454 g/mol. The van der Waals surface area contributed by atoms with E-state index in [2.05, 4.69) is 21.2 Å². The van der Waals surface area contributed by atoms with Gasteiger partial charge in [0.25, 0.3) is 5.91 Å². The Morgan fingerprint density at radius 1 is 1.07 bits per heavy atom. The number of benzene rings is 2. The third kappa shape index (κ3) is 4.86. The van der Waals surface area contributed by atoms with Gasteiger partial charge in [-0.25, -0.2) is 8.42 Å². The Bertz CT molecular complexity index is 939. The highest BCUT2D eigenvalue weighted by atomic mass is 79.9. The van der Waals surface area contributed by atoms with Crippen LogP contribution in [0.25, 0.3) is 0 Å². The normalized spacial score (nSPS) is 11.7. The summed E-state index contributed by atoms with van der Waals surface area (Å²) in [5, 5.41) is 2.59. The summed E-state index contributed by atoms with van der Waals surface area (Å²) in [6, 6.07) is 12.2. The Morgan fingerprint density at radius 2 is 1.63 bits per heavy atom. The van der Waals surface area contributed by atoms with Crippen LogP contribution in [-0.4, -0.2) is 31.6 Å². The van der Waals surface area contributed by atoms with E-state index in [0.717, 1.165) is 4.47 Å². The van der Waals surface area contributed by atoms with Crippen molar-refractivity contribution in [3.05, 3.63) is 53.0 Å². The van der Waals surface area contributed by atoms with Gasteiger partial charge in [0, 0.05) is 10.2 Å². The van der Waals surface area contributed by atoms with E-state index >= 15 is 0 Å². The van der Waals surface area contributed by atoms with E-state index in [9.17, 15) is 18.0 Å². The fourth-order valence-corrected chi connectivity index (χ4v) is 3.74. The number of hydrogen-bond donors (Lipinski definition) is 2. The van der Waals surface area contributed by atoms with Gasteiger partial charge >= 0.3 is 0 Å². The molecule has 0 radical (unpaired) electrons. The van der Waals surface area contributed by atoms with Crippen LogP contribution in [0.15, 0.2) is 57.9 Å². The van der Waals surface area contributed by atoms with E-state index in [1.165, 1.54) is 50.2 Å². The molecule has 2 aromatic carbocycles. The number of primary amides is 1. The smallest absolute Gasteiger partial charge is 0.255 e. The maximum absolute atomic E-state index is 12.9. The fourth-order valence-electron chi connectivity index (χ4n) is 2.10. The third-order valence-electron chi connectivity index (χ3n) is 3.84. The number of ether oxygens (including phenoxy) is 1. The van der Waals surface area contributed by atoms with E-state index in [-0.39, 0.29) is 11.5 Å². The molecular formula is C18H19BrN2O5S. The number of carbonyl (C=O) groups is 2. The highest BCUT2D eigenvalue weighted by Crippen LogP contribution is 2.28. The van der Waals surface area contributed by atoms with Crippen molar-refractivity contribution < 1.29 is 22.7 Å². The van der Waals surface area contributed by atoms with Crippen LogP contribution in [0.1, 0.15) is 13.8 Å². The maximum Gasteiger partial charge on any atom is 0.255 e. The molecule has 0 atom stereocenters. The summed E-state index contributed by atoms with van der Waals surface area (Å²) in [5.74, 6) is -0.878. The Labute approximate surface area is 165 Å². The summed E-state index contributed by atoms with van der Waals surface area (Å²) in [5.41, 5.74) is 5.39. The molecule has 0 spiro atoms. The first-order chi connectivity index (χ1) is 12.5. The molecule has 2 aromatic rings. The summed E-state index contributed by atoms with van der Waals surface area (Å²) in [6.07, 6.45) is 0. The zero-order valence-corrected chi connectivity index (χ0v) is 17.1. The number of nitrogens with one attached hydrogen (secondary N) is 1. The van der Waals surface area contributed by atoms with Gasteiger partial charge < -0.3 is 15.8 Å². The molecule has 3 N–H and O–H groups in total. The highest BCUT2D eigenvalue weighted by Gasteiger charge is 2.42. The van der Waals surface area contributed by atoms with Crippen LogP contribution in [0.3, 0.4) is 0 Å². The molecule has 144 valence electrons. The number of nitrogens with two attached hydrogens (primary N) is 1. The summed E-state index contributed by atoms with van der Waals surface area (Å²) in [6.45, 7) is 2.44. The van der Waals surface area contributed by atoms with E-state index in [0.29, 0.717) is 11.4 Å². The van der Waals surface area contributed by atoms with Gasteiger partial charge in [0.2, 0.25) is 5.91 Å². The van der Waals surface area contributed by atoms with Gasteiger partial charge in [0.1, 0.15) is 10.5 Å². The molecule has 0 unspecified atom stereocenters. The molecule has 0 heterocycles. The van der Waals surface area contributed by atoms with E-state index in [4.69, 9.17) is 10.5 Å². The molecule has 0 saturated heterocycles. The van der Waals surface area contributed by atoms with Gasteiger partial charge in [-0.2, -0.15) is 0 Å². The second-order valence-electron chi connectivity index (χ2n) is 6.20. The molecule has 9 heteroatoms. The lowest BCUT2D eigenvalue weighted by Gasteiger charge is -2.24. The van der Waals surface area contributed by atoms with Gasteiger partial charge in [0.15, 0.2) is 16.4 Å². The Morgan fingerprint density at radius 3 is 2.15 bits per heavy atom. The van der Waals surface area contributed by atoms with Gasteiger partial charge in [-0.15, -0.1) is 0 Å². The molecule has 0 aliphatic heterocycles. The highest BCUT2D eigenvalue weighted by molar-refractivity contribution is 9.10. The van der Waals surface area contributed by atoms with Crippen LogP contribution in [0.5, 0.6) is 5.75 Å². The minimum Gasteiger partial charge on any atom is -0.484 e. The molecule has 2 amide bonds. The predicted octanol–water partition coefficient (Wildman–Crippen LogP) is 2.50. The number of halogens is 1. The lowest BCUT2D eigenvalue weighted by Crippen LogP contribution is -2.44. The Hall–Kier alpha value is -2.39. The first kappa shape index (κ1) is 20.9. The zero-order valence-electron chi connectivity index (χ0n) is 14.7. The number of anilines is 1. The summed E-state index contributed by atoms with van der Waals surface area (Å²) < 4.78 is 29.9. The molecule has 0 saturated carbocycles. The largest absolute Gasteiger partial charge is 0.484 e. The molecule has 0 bridgehead atoms. The average molecular weight is 455 g/mol. The first-order valence-corrected chi connectivity index (χ1v) is 10.1. The first-order valence-electron chi connectivity index (χ1n) is 7.87. The minimum atomic E-state index is -3.91. The van der Waals surface area contributed by atoms with Crippen molar-refractivity contribution in [2.75, 3.05) is 11.9 Å². The van der Waals surface area contributed by atoms with Crippen LogP contribution < -0.4 is 15.8 Å². The van der Waals surface area contributed by atoms with Crippen LogP contribution >= 0.6 is 15.9 Å². The second kappa shape index (κ2) is 8.10. The van der Waals surface area contributed by atoms with E-state index < -0.39 is 26.4 Å². The summed E-state index contributed by atoms with van der Waals surface area (Å²) in [4.78, 5) is 23.4. The zero-order chi connectivity index (χ0) is 20.2. The van der Waals surface area contributed by atoms with Crippen molar-refractivity contribution in [3.63, 3.8) is 0 Å². The molecule has 7 nitrogen and oxygen atoms in total. The predicted molar refractivity (Wildman–Crippen MR) is 105 cm³/mol. The van der Waals surface area contributed by atoms with Crippen molar-refractivity contribution >= 4 is 43.3 Å². The lowest BCUT2D eigenvalue weighted by molar-refractivity contribution is -0.120. The molecule has 2 rings (SSSR count). The van der Waals surface area contributed by atoms with Crippen LogP contribution in [0.2, 0.25) is 0 Å². The van der Waals surface area contributed by atoms with Crippen LogP contribution in [0.4, 0.5) is 5.69 Å². The molecule has 0 aromatic heterocycles. The SMILES string of the molecule is CC(C)(C(=O)Nc1ccc(OCC(N)=O)cc1)S(=O)(=O)c1ccc(Br)cc1. The topological polar surface area (TPSA) is 116 Å². The van der Waals surface area contributed by atoms with Gasteiger partial charge in [0.05, 0.1) is 4.90 Å². The van der Waals surface area contributed by atoms with Crippen molar-refractivity contribution in [1.29, 1.82) is 0 Å². The molecule has 0 aliphatic carbocycles. The van der Waals surface area contributed by atoms with Gasteiger partial charge in [-0.1, -0.05) is 15.9 Å². The number of hydrogen-bond acceptors (Lipinski definition) is 5. The van der Waals surface area contributed by atoms with Gasteiger partial charge in [-0.05, 0) is 62.4 Å². The minimum absolute atomic E-state index is 0.0565. The fraction of sp³-hybridized carbons (Fsp3) is 0.222. The molecule has 27 heavy (non-hydrogen) atoms. The van der Waals surface area contributed by atoms with Gasteiger partial charge in [-0.3, -0.25) is 9.59 Å². The maximum atomic E-state index is 12.9. The molecular weight excluding hydrogens is 436 g/mol. The van der Waals surface area contributed by atoms with Crippen molar-refractivity contribution in [1.82, 2.24) is 0 Å². The van der Waals surface area contributed by atoms with Crippen molar-refractivity contribution in [2.45, 2.75) is 23.5 Å². The Kier molecular flexibility index (Phi) is 6.27. The quantitative estimate of drug-likeness (QED) is 0.666. The molecule has 0 fully saturated rings. The summed E-state index contributed by atoms with van der Waals surface area (Å²) >= 11 is 3.25. The average Bonchev–Trinajstić information content (AvgIpc) is 2.61. The Balaban J connectivity index is 2.15. The number of rotatable bonds is 7. The van der Waals surface area contributed by atoms with E-state index in [1.807, 2.05) is 0 Å². The van der Waals surface area contributed by atoms with Crippen LogP contribution in [0, 0.1) is 0 Å². The third-order valence-corrected chi connectivity index (χ3v) is 6.79. The lowest BCUT2D eigenvalue weighted by atomic mass is 10.2. The van der Waals surface area contributed by atoms with Crippen molar-refractivity contribution in [2.24, 2.45) is 5.73 Å². The number of amides is 2. The number of carbonyl (C=O) groups excluding carboxylic acids is 2. The second-order valence-corrected chi connectivity index (χ2v) is 9.62. The number of sulfone groups is 1. The van der Waals surface area contributed by atoms with E-state index in [1.54, 1.807) is 12.1 Å². The van der Waals surface area contributed by atoms with Crippen molar-refractivity contribution in [3.8, 4) is 5.75 Å². The van der Waals surface area contributed by atoms with Crippen LogP contribution in [-0.2, 0) is 19.4 Å². The summed E-state index contributed by atoms with van der Waals surface area (Å²) in [7, 11) is -3.91.